The molecule has 1 aliphatic heterocycles. The highest BCUT2D eigenvalue weighted by Crippen LogP contribution is 2.55. The fourth-order valence-electron chi connectivity index (χ4n) is 4.53. The Hall–Kier alpha value is -0.380. The smallest absolute Gasteiger partial charge is 0.222 e. The molecule has 0 radical (unpaired) electrons. The van der Waals surface area contributed by atoms with E-state index in [9.17, 15) is 25.2 Å². The van der Waals surface area contributed by atoms with Gasteiger partial charge < -0.3 is 30.5 Å². The Morgan fingerprint density at radius 2 is 1.82 bits per heavy atom. The van der Waals surface area contributed by atoms with Crippen LogP contribution in [0.1, 0.15) is 54.4 Å². The summed E-state index contributed by atoms with van der Waals surface area (Å²) >= 11 is 1.51. The van der Waals surface area contributed by atoms with Gasteiger partial charge >= 0.3 is 0 Å². The van der Waals surface area contributed by atoms with E-state index in [1.54, 1.807) is 0 Å². The van der Waals surface area contributed by atoms with Crippen LogP contribution in [0.3, 0.4) is 0 Å². The van der Waals surface area contributed by atoms with Crippen LogP contribution in [0.5, 0.6) is 0 Å². The van der Waals surface area contributed by atoms with E-state index in [0.29, 0.717) is 0 Å². The summed E-state index contributed by atoms with van der Waals surface area (Å²) in [5, 5.41) is 43.2. The summed E-state index contributed by atoms with van der Waals surface area (Å²) in [6, 6.07) is 0. The van der Waals surface area contributed by atoms with Gasteiger partial charge in [-0.25, -0.2) is 0 Å². The zero-order valence-corrected chi connectivity index (χ0v) is 18.6. The SMILES string of the molecule is CC(C)C(=O)NC(C)(C)CC(C)(C)CCSC1OC2(O)C(CO)C(O)C(O)C12. The number of carbonyl (C=O) groups is 1. The quantitative estimate of drug-likeness (QED) is 0.379. The highest BCUT2D eigenvalue weighted by Gasteiger charge is 2.70. The molecular weight excluding hydrogens is 382 g/mol. The monoisotopic (exact) mass is 419 g/mol. The van der Waals surface area contributed by atoms with Crippen LogP contribution in [-0.4, -0.2) is 67.7 Å². The number of hydrogen-bond acceptors (Lipinski definition) is 7. The number of amides is 1. The first-order chi connectivity index (χ1) is 12.7. The van der Waals surface area contributed by atoms with E-state index < -0.39 is 41.9 Å². The van der Waals surface area contributed by atoms with Gasteiger partial charge in [-0.3, -0.25) is 4.79 Å². The van der Waals surface area contributed by atoms with Crippen LogP contribution in [-0.2, 0) is 9.53 Å². The van der Waals surface area contributed by atoms with Crippen molar-refractivity contribution in [1.82, 2.24) is 5.32 Å². The lowest BCUT2D eigenvalue weighted by Gasteiger charge is -2.49. The number of ether oxygens (including phenoxy) is 1. The van der Waals surface area contributed by atoms with Crippen LogP contribution < -0.4 is 5.32 Å². The van der Waals surface area contributed by atoms with Gasteiger partial charge in [0.25, 0.3) is 0 Å². The second-order valence-electron chi connectivity index (χ2n) is 10.0. The first kappa shape index (κ1) is 23.9. The summed E-state index contributed by atoms with van der Waals surface area (Å²) < 4.78 is 5.57. The standard InChI is InChI=1S/C20H37NO6S/c1-11(2)16(25)21-19(5,6)10-18(3,4)7-8-28-17-13-15(24)14(23)12(9-22)20(13,26)27-17/h11-15,17,22-24,26H,7-10H2,1-6H3,(H,21,25). The first-order valence-electron chi connectivity index (χ1n) is 10.0. The van der Waals surface area contributed by atoms with E-state index in [1.807, 2.05) is 27.7 Å². The molecule has 1 saturated heterocycles. The largest absolute Gasteiger partial charge is 0.396 e. The normalized spacial score (nSPS) is 35.6. The van der Waals surface area contributed by atoms with Crippen molar-refractivity contribution in [2.75, 3.05) is 12.4 Å². The van der Waals surface area contributed by atoms with Crippen molar-refractivity contribution in [3.63, 3.8) is 0 Å². The van der Waals surface area contributed by atoms with Crippen molar-refractivity contribution in [2.45, 2.75) is 83.4 Å². The highest BCUT2D eigenvalue weighted by molar-refractivity contribution is 7.99. The Kier molecular flexibility index (Phi) is 7.16. The molecule has 2 aliphatic rings. The number of nitrogens with one attached hydrogen (secondary N) is 1. The predicted octanol–water partition coefficient (Wildman–Crippen LogP) is 1.08. The van der Waals surface area contributed by atoms with Gasteiger partial charge in [0.15, 0.2) is 5.79 Å². The Morgan fingerprint density at radius 3 is 2.36 bits per heavy atom. The van der Waals surface area contributed by atoms with Gasteiger partial charge in [-0.15, -0.1) is 11.8 Å². The molecule has 0 spiro atoms. The molecule has 1 heterocycles. The second kappa shape index (κ2) is 8.40. The van der Waals surface area contributed by atoms with Crippen LogP contribution in [0.25, 0.3) is 0 Å². The minimum absolute atomic E-state index is 0.0255. The fourth-order valence-corrected chi connectivity index (χ4v) is 6.22. The van der Waals surface area contributed by atoms with Gasteiger partial charge in [0.05, 0.1) is 30.7 Å². The third-order valence-corrected chi connectivity index (χ3v) is 7.06. The molecule has 28 heavy (non-hydrogen) atoms. The van der Waals surface area contributed by atoms with Gasteiger partial charge in [-0.1, -0.05) is 27.7 Å². The Labute approximate surface area is 172 Å². The van der Waals surface area contributed by atoms with E-state index >= 15 is 0 Å². The van der Waals surface area contributed by atoms with Gasteiger partial charge in [0.2, 0.25) is 5.91 Å². The molecule has 6 unspecified atom stereocenters. The van der Waals surface area contributed by atoms with E-state index in [-0.39, 0.29) is 22.8 Å². The lowest BCUT2D eigenvalue weighted by Crippen LogP contribution is -2.61. The molecule has 0 aromatic rings. The minimum Gasteiger partial charge on any atom is -0.396 e. The van der Waals surface area contributed by atoms with Crippen LogP contribution in [0.2, 0.25) is 0 Å². The molecule has 1 amide bonds. The molecule has 0 bridgehead atoms. The molecule has 6 atom stereocenters. The lowest BCUT2D eigenvalue weighted by atomic mass is 9.78. The number of thioether (sulfide) groups is 1. The number of rotatable bonds is 9. The molecule has 1 saturated carbocycles. The average molecular weight is 420 g/mol. The van der Waals surface area contributed by atoms with Crippen LogP contribution in [0.4, 0.5) is 0 Å². The Balaban J connectivity index is 1.84. The van der Waals surface area contributed by atoms with Crippen molar-refractivity contribution < 1.29 is 30.0 Å². The first-order valence-corrected chi connectivity index (χ1v) is 11.1. The molecule has 1 aliphatic carbocycles. The second-order valence-corrected chi connectivity index (χ2v) is 11.2. The van der Waals surface area contributed by atoms with E-state index in [0.717, 1.165) is 18.6 Å². The number of fused-ring (bicyclic) bond motifs is 1. The van der Waals surface area contributed by atoms with Crippen molar-refractivity contribution in [2.24, 2.45) is 23.2 Å². The Bertz CT molecular complexity index is 569. The van der Waals surface area contributed by atoms with E-state index in [4.69, 9.17) is 4.74 Å². The van der Waals surface area contributed by atoms with Crippen molar-refractivity contribution in [3.05, 3.63) is 0 Å². The minimum atomic E-state index is -1.65. The zero-order chi connectivity index (χ0) is 21.5. The maximum atomic E-state index is 12.0. The van der Waals surface area contributed by atoms with Gasteiger partial charge in [-0.2, -0.15) is 0 Å². The fraction of sp³-hybridized carbons (Fsp3) is 0.950. The lowest BCUT2D eigenvalue weighted by molar-refractivity contribution is -0.355. The molecule has 164 valence electrons. The van der Waals surface area contributed by atoms with E-state index in [1.165, 1.54) is 11.8 Å². The summed E-state index contributed by atoms with van der Waals surface area (Å²) in [5.41, 5.74) is -0.749. The van der Waals surface area contributed by atoms with Gasteiger partial charge in [0.1, 0.15) is 5.44 Å². The molecule has 7 nitrogen and oxygen atoms in total. The maximum Gasteiger partial charge on any atom is 0.222 e. The number of aliphatic hydroxyl groups excluding tert-OH is 3. The number of hydrogen-bond donors (Lipinski definition) is 5. The van der Waals surface area contributed by atoms with Crippen molar-refractivity contribution >= 4 is 17.7 Å². The predicted molar refractivity (Wildman–Crippen MR) is 108 cm³/mol. The third-order valence-electron chi connectivity index (χ3n) is 5.90. The summed E-state index contributed by atoms with van der Waals surface area (Å²) in [4.78, 5) is 12.0. The molecule has 0 aromatic carbocycles. The molecule has 0 aromatic heterocycles. The van der Waals surface area contributed by atoms with Crippen molar-refractivity contribution in [1.29, 1.82) is 0 Å². The van der Waals surface area contributed by atoms with E-state index in [2.05, 4.69) is 19.2 Å². The maximum absolute atomic E-state index is 12.0. The van der Waals surface area contributed by atoms with Gasteiger partial charge in [0, 0.05) is 11.5 Å². The topological polar surface area (TPSA) is 119 Å². The number of carbonyl (C=O) groups excluding carboxylic acids is 1. The molecule has 2 fully saturated rings. The summed E-state index contributed by atoms with van der Waals surface area (Å²) in [5.74, 6) is -2.39. The van der Waals surface area contributed by atoms with Gasteiger partial charge in [-0.05, 0) is 37.9 Å². The molecule has 2 rings (SSSR count). The average Bonchev–Trinajstić information content (AvgIpc) is 2.65. The molecule has 5 N–H and O–H groups in total. The summed E-state index contributed by atoms with van der Waals surface area (Å²) in [6.45, 7) is 11.7. The zero-order valence-electron chi connectivity index (χ0n) is 17.8. The molecule has 8 heteroatoms. The van der Waals surface area contributed by atoms with Crippen molar-refractivity contribution in [3.8, 4) is 0 Å². The third kappa shape index (κ3) is 4.84. The Morgan fingerprint density at radius 1 is 1.21 bits per heavy atom. The summed E-state index contributed by atoms with van der Waals surface area (Å²) in [7, 11) is 0. The van der Waals surface area contributed by atoms with Crippen LogP contribution >= 0.6 is 11.8 Å². The molecular formula is C20H37NO6S. The van der Waals surface area contributed by atoms with Crippen LogP contribution in [0, 0.1) is 23.2 Å². The number of aliphatic hydroxyl groups is 4. The summed E-state index contributed by atoms with van der Waals surface area (Å²) in [6.07, 6.45) is -0.614. The highest BCUT2D eigenvalue weighted by atomic mass is 32.2. The van der Waals surface area contributed by atoms with Crippen LogP contribution in [0.15, 0.2) is 0 Å².